The van der Waals surface area contributed by atoms with Gasteiger partial charge in [0.1, 0.15) is 0 Å². The first-order valence-corrected chi connectivity index (χ1v) is 11.0. The van der Waals surface area contributed by atoms with Crippen molar-refractivity contribution < 1.29 is 4.79 Å². The minimum absolute atomic E-state index is 0.120. The number of amides is 1. The van der Waals surface area contributed by atoms with Gasteiger partial charge in [-0.15, -0.1) is 0 Å². The fourth-order valence-electron chi connectivity index (χ4n) is 3.98. The first-order chi connectivity index (χ1) is 14.0. The van der Waals surface area contributed by atoms with Crippen LogP contribution < -0.4 is 16.0 Å². The molecule has 3 unspecified atom stereocenters. The van der Waals surface area contributed by atoms with E-state index in [0.29, 0.717) is 12.6 Å². The summed E-state index contributed by atoms with van der Waals surface area (Å²) in [7, 11) is 6.07. The molecule has 1 aromatic heterocycles. The summed E-state index contributed by atoms with van der Waals surface area (Å²) in [6.07, 6.45) is 10.3. The number of rotatable bonds is 8. The van der Waals surface area contributed by atoms with Gasteiger partial charge in [-0.3, -0.25) is 14.5 Å². The van der Waals surface area contributed by atoms with Crippen molar-refractivity contribution in [2.45, 2.75) is 63.6 Å². The second-order valence-corrected chi connectivity index (χ2v) is 8.63. The summed E-state index contributed by atoms with van der Waals surface area (Å²) in [6.45, 7) is 3.53. The SMILES string of the molecule is CCNC(=NCC(c1cnn(C)c1)N(C)C)NC1CCCC(C(=O)NC2CC2)C1. The van der Waals surface area contributed by atoms with Gasteiger partial charge in [0, 0.05) is 43.4 Å². The summed E-state index contributed by atoms with van der Waals surface area (Å²) in [5, 5.41) is 14.4. The van der Waals surface area contributed by atoms with Crippen LogP contribution in [0.25, 0.3) is 0 Å². The second kappa shape index (κ2) is 10.1. The molecule has 2 aliphatic rings. The summed E-state index contributed by atoms with van der Waals surface area (Å²) in [5.74, 6) is 1.19. The minimum atomic E-state index is 0.120. The zero-order valence-electron chi connectivity index (χ0n) is 18.3. The lowest BCUT2D eigenvalue weighted by Gasteiger charge is -2.30. The van der Waals surface area contributed by atoms with Crippen LogP contribution in [0.15, 0.2) is 17.4 Å². The van der Waals surface area contributed by atoms with E-state index in [0.717, 1.165) is 56.6 Å². The van der Waals surface area contributed by atoms with Crippen molar-refractivity contribution in [2.24, 2.45) is 18.0 Å². The number of likely N-dealkylation sites (N-methyl/N-ethyl adjacent to an activating group) is 1. The van der Waals surface area contributed by atoms with E-state index in [2.05, 4.69) is 47.0 Å². The summed E-state index contributed by atoms with van der Waals surface area (Å²) in [4.78, 5) is 19.5. The molecular weight excluding hydrogens is 366 g/mol. The van der Waals surface area contributed by atoms with Crippen LogP contribution in [0.1, 0.15) is 57.1 Å². The van der Waals surface area contributed by atoms with E-state index in [9.17, 15) is 4.79 Å². The number of hydrogen-bond donors (Lipinski definition) is 3. The van der Waals surface area contributed by atoms with E-state index in [1.807, 2.05) is 24.1 Å². The van der Waals surface area contributed by atoms with E-state index in [1.165, 1.54) is 0 Å². The number of guanidine groups is 1. The highest BCUT2D eigenvalue weighted by atomic mass is 16.2. The first-order valence-electron chi connectivity index (χ1n) is 11.0. The molecule has 8 nitrogen and oxygen atoms in total. The molecule has 3 atom stereocenters. The third-order valence-corrected chi connectivity index (χ3v) is 5.81. The normalized spacial score (nSPS) is 23.7. The molecule has 0 spiro atoms. The highest BCUT2D eigenvalue weighted by Gasteiger charge is 2.31. The Morgan fingerprint density at radius 2 is 2.07 bits per heavy atom. The van der Waals surface area contributed by atoms with Gasteiger partial charge in [-0.2, -0.15) is 5.10 Å². The summed E-state index contributed by atoms with van der Waals surface area (Å²) < 4.78 is 1.83. The monoisotopic (exact) mass is 403 g/mol. The zero-order valence-corrected chi connectivity index (χ0v) is 18.3. The predicted octanol–water partition coefficient (Wildman–Crippen LogP) is 1.42. The third kappa shape index (κ3) is 6.45. The Kier molecular flexibility index (Phi) is 7.52. The second-order valence-electron chi connectivity index (χ2n) is 8.63. The maximum atomic E-state index is 12.5. The molecule has 162 valence electrons. The van der Waals surface area contributed by atoms with Crippen LogP contribution in [0.4, 0.5) is 0 Å². The molecule has 0 aromatic carbocycles. The highest BCUT2D eigenvalue weighted by Crippen LogP contribution is 2.27. The van der Waals surface area contributed by atoms with Gasteiger partial charge in [0.2, 0.25) is 5.91 Å². The molecule has 29 heavy (non-hydrogen) atoms. The Balaban J connectivity index is 1.59. The third-order valence-electron chi connectivity index (χ3n) is 5.81. The number of hydrogen-bond acceptors (Lipinski definition) is 4. The lowest BCUT2D eigenvalue weighted by molar-refractivity contribution is -0.126. The number of carbonyl (C=O) groups is 1. The smallest absolute Gasteiger partial charge is 0.223 e. The van der Waals surface area contributed by atoms with Crippen LogP contribution >= 0.6 is 0 Å². The number of carbonyl (C=O) groups excluding carboxylic acids is 1. The average molecular weight is 404 g/mol. The Hall–Kier alpha value is -2.09. The molecule has 0 bridgehead atoms. The first kappa shape index (κ1) is 21.6. The lowest BCUT2D eigenvalue weighted by Crippen LogP contribution is -2.47. The van der Waals surface area contributed by atoms with Crippen molar-refractivity contribution in [1.29, 1.82) is 0 Å². The molecule has 1 heterocycles. The molecule has 0 radical (unpaired) electrons. The molecule has 0 saturated heterocycles. The van der Waals surface area contributed by atoms with Crippen molar-refractivity contribution >= 4 is 11.9 Å². The largest absolute Gasteiger partial charge is 0.357 e. The number of nitrogens with one attached hydrogen (secondary N) is 3. The predicted molar refractivity (Wildman–Crippen MR) is 116 cm³/mol. The van der Waals surface area contributed by atoms with Gasteiger partial charge in [-0.1, -0.05) is 6.42 Å². The van der Waals surface area contributed by atoms with Crippen LogP contribution in [0, 0.1) is 5.92 Å². The fraction of sp³-hybridized carbons (Fsp3) is 0.762. The van der Waals surface area contributed by atoms with Crippen LogP contribution in [0.2, 0.25) is 0 Å². The Morgan fingerprint density at radius 3 is 2.69 bits per heavy atom. The van der Waals surface area contributed by atoms with Crippen LogP contribution in [0.3, 0.4) is 0 Å². The number of nitrogens with zero attached hydrogens (tertiary/aromatic N) is 4. The van der Waals surface area contributed by atoms with Crippen molar-refractivity contribution in [3.8, 4) is 0 Å². The van der Waals surface area contributed by atoms with Gasteiger partial charge in [-0.25, -0.2) is 0 Å². The van der Waals surface area contributed by atoms with Gasteiger partial charge in [-0.05, 0) is 53.1 Å². The maximum Gasteiger partial charge on any atom is 0.223 e. The van der Waals surface area contributed by atoms with Gasteiger partial charge in [0.05, 0.1) is 18.8 Å². The molecule has 2 saturated carbocycles. The fourth-order valence-corrected chi connectivity index (χ4v) is 3.98. The van der Waals surface area contributed by atoms with Crippen LogP contribution in [-0.2, 0) is 11.8 Å². The number of aromatic nitrogens is 2. The van der Waals surface area contributed by atoms with Crippen molar-refractivity contribution in [2.75, 3.05) is 27.2 Å². The molecule has 8 heteroatoms. The molecule has 1 aromatic rings. The van der Waals surface area contributed by atoms with E-state index in [1.54, 1.807) is 0 Å². The molecule has 0 aliphatic heterocycles. The zero-order chi connectivity index (χ0) is 20.8. The van der Waals surface area contributed by atoms with Gasteiger partial charge < -0.3 is 20.9 Å². The van der Waals surface area contributed by atoms with Crippen molar-refractivity contribution in [3.63, 3.8) is 0 Å². The van der Waals surface area contributed by atoms with Crippen molar-refractivity contribution in [1.82, 2.24) is 30.6 Å². The van der Waals surface area contributed by atoms with E-state index in [-0.39, 0.29) is 23.9 Å². The molecule has 2 aliphatic carbocycles. The molecule has 2 fully saturated rings. The Morgan fingerprint density at radius 1 is 1.28 bits per heavy atom. The van der Waals surface area contributed by atoms with Crippen molar-refractivity contribution in [3.05, 3.63) is 18.0 Å². The van der Waals surface area contributed by atoms with Gasteiger partial charge in [0.25, 0.3) is 0 Å². The highest BCUT2D eigenvalue weighted by molar-refractivity contribution is 5.81. The molecule has 3 N–H and O–H groups in total. The van der Waals surface area contributed by atoms with Gasteiger partial charge >= 0.3 is 0 Å². The summed E-state index contributed by atoms with van der Waals surface area (Å²) >= 11 is 0. The Bertz CT molecular complexity index is 695. The molecular formula is C21H37N7O. The van der Waals surface area contributed by atoms with Gasteiger partial charge in [0.15, 0.2) is 5.96 Å². The average Bonchev–Trinajstić information content (AvgIpc) is 3.40. The quantitative estimate of drug-likeness (QED) is 0.451. The maximum absolute atomic E-state index is 12.5. The number of aryl methyl sites for hydroxylation is 1. The van der Waals surface area contributed by atoms with Crippen LogP contribution in [-0.4, -0.2) is 65.8 Å². The standard InChI is InChI=1S/C21H37N7O/c1-5-22-21(23-13-19(27(2)3)16-12-24-28(4)14-16)26-18-8-6-7-15(11-18)20(29)25-17-9-10-17/h12,14-15,17-19H,5-11,13H2,1-4H3,(H,25,29)(H2,22,23,26). The number of aliphatic imine (C=N–C) groups is 1. The minimum Gasteiger partial charge on any atom is -0.357 e. The Labute approximate surface area is 174 Å². The van der Waals surface area contributed by atoms with E-state index < -0.39 is 0 Å². The lowest BCUT2D eigenvalue weighted by atomic mass is 9.85. The van der Waals surface area contributed by atoms with E-state index in [4.69, 9.17) is 4.99 Å². The van der Waals surface area contributed by atoms with E-state index >= 15 is 0 Å². The molecule has 1 amide bonds. The topological polar surface area (TPSA) is 86.6 Å². The summed E-state index contributed by atoms with van der Waals surface area (Å²) in [5.41, 5.74) is 1.16. The molecule has 3 rings (SSSR count). The summed E-state index contributed by atoms with van der Waals surface area (Å²) in [6, 6.07) is 0.889. The van der Waals surface area contributed by atoms with Crippen LogP contribution in [0.5, 0.6) is 0 Å².